The molecule has 1 aliphatic carbocycles. The Balaban J connectivity index is 1.46. The second-order valence-corrected chi connectivity index (χ2v) is 6.81. The molecule has 8 heteroatoms. The molecule has 2 N–H and O–H groups in total. The van der Waals surface area contributed by atoms with Crippen LogP contribution < -0.4 is 5.32 Å². The number of nitrogens with one attached hydrogen (secondary N) is 2. The maximum Gasteiger partial charge on any atom is 0.263 e. The maximum absolute atomic E-state index is 12.9. The van der Waals surface area contributed by atoms with Crippen LogP contribution in [0.1, 0.15) is 54.8 Å². The minimum absolute atomic E-state index is 0.0691. The minimum Gasteiger partial charge on any atom is -0.309 e. The third-order valence-corrected chi connectivity index (χ3v) is 4.75. The number of aromatic nitrogens is 4. The summed E-state index contributed by atoms with van der Waals surface area (Å²) in [5.74, 6) is 0.372. The Hall–Kier alpha value is -3.03. The molecule has 2 heterocycles. The lowest BCUT2D eigenvalue weighted by atomic mass is 10.0. The molecule has 0 bridgehead atoms. The number of rotatable bonds is 6. The first kappa shape index (κ1) is 17.4. The number of carbonyl (C=O) groups excluding carboxylic acids is 1. The predicted octanol–water partition coefficient (Wildman–Crippen LogP) is 4.15. The fraction of sp³-hybridized carbons (Fsp3) is 0.316. The molecule has 1 fully saturated rings. The molecule has 0 spiro atoms. The molecule has 3 aromatic rings. The van der Waals surface area contributed by atoms with Gasteiger partial charge in [0.2, 0.25) is 5.91 Å². The molecular weight excluding hydrogens is 352 g/mol. The van der Waals surface area contributed by atoms with Gasteiger partial charge in [-0.15, -0.1) is 0 Å². The first-order valence-electron chi connectivity index (χ1n) is 8.80. The van der Waals surface area contributed by atoms with Gasteiger partial charge < -0.3 is 5.32 Å². The van der Waals surface area contributed by atoms with Gasteiger partial charge in [-0.25, -0.2) is 13.5 Å². The number of anilines is 1. The van der Waals surface area contributed by atoms with Crippen molar-refractivity contribution >= 4 is 11.7 Å². The Labute approximate surface area is 154 Å². The van der Waals surface area contributed by atoms with Gasteiger partial charge in [-0.3, -0.25) is 9.89 Å². The molecule has 2 aromatic heterocycles. The van der Waals surface area contributed by atoms with Crippen molar-refractivity contribution in [1.29, 1.82) is 0 Å². The zero-order valence-electron chi connectivity index (χ0n) is 14.7. The van der Waals surface area contributed by atoms with E-state index in [2.05, 4.69) is 20.6 Å². The average Bonchev–Trinajstić information content (AvgIpc) is 3.21. The lowest BCUT2D eigenvalue weighted by Crippen LogP contribution is -2.18. The van der Waals surface area contributed by atoms with E-state index in [1.54, 1.807) is 31.5 Å². The van der Waals surface area contributed by atoms with E-state index < -0.39 is 12.3 Å². The number of hydrogen-bond acceptors (Lipinski definition) is 3. The fourth-order valence-electron chi connectivity index (χ4n) is 2.89. The zero-order chi connectivity index (χ0) is 19.0. The van der Waals surface area contributed by atoms with Crippen LogP contribution in [0.3, 0.4) is 0 Å². The van der Waals surface area contributed by atoms with Crippen molar-refractivity contribution in [3.63, 3.8) is 0 Å². The Morgan fingerprint density at radius 1 is 1.30 bits per heavy atom. The van der Waals surface area contributed by atoms with Crippen LogP contribution in [-0.4, -0.2) is 25.9 Å². The van der Waals surface area contributed by atoms with Crippen LogP contribution in [0.4, 0.5) is 14.6 Å². The largest absolute Gasteiger partial charge is 0.309 e. The summed E-state index contributed by atoms with van der Waals surface area (Å²) in [6.07, 6.45) is 3.00. The molecule has 27 heavy (non-hydrogen) atoms. The predicted molar refractivity (Wildman–Crippen MR) is 96.1 cm³/mol. The van der Waals surface area contributed by atoms with Crippen molar-refractivity contribution in [3.05, 3.63) is 59.5 Å². The average molecular weight is 371 g/mol. The van der Waals surface area contributed by atoms with E-state index in [0.717, 1.165) is 18.5 Å². The topological polar surface area (TPSA) is 75.6 Å². The number of amides is 1. The van der Waals surface area contributed by atoms with Crippen LogP contribution in [0.15, 0.2) is 42.7 Å². The van der Waals surface area contributed by atoms with E-state index >= 15 is 0 Å². The van der Waals surface area contributed by atoms with Crippen molar-refractivity contribution in [2.24, 2.45) is 0 Å². The molecule has 1 saturated carbocycles. The molecule has 0 radical (unpaired) electrons. The summed E-state index contributed by atoms with van der Waals surface area (Å²) >= 11 is 0. The quantitative estimate of drug-likeness (QED) is 0.683. The number of H-pyrrole nitrogens is 1. The number of benzene rings is 1. The number of aromatic amines is 1. The van der Waals surface area contributed by atoms with E-state index in [9.17, 15) is 13.6 Å². The van der Waals surface area contributed by atoms with Crippen LogP contribution in [0.25, 0.3) is 5.69 Å². The van der Waals surface area contributed by atoms with Gasteiger partial charge in [0.25, 0.3) is 6.43 Å². The third kappa shape index (κ3) is 3.74. The van der Waals surface area contributed by atoms with E-state index in [-0.39, 0.29) is 11.5 Å². The van der Waals surface area contributed by atoms with Gasteiger partial charge in [-0.05, 0) is 31.9 Å². The summed E-state index contributed by atoms with van der Waals surface area (Å²) in [5.41, 5.74) is 2.19. The molecule has 1 atom stereocenters. The van der Waals surface area contributed by atoms with Crippen molar-refractivity contribution in [2.45, 2.75) is 38.0 Å². The summed E-state index contributed by atoms with van der Waals surface area (Å²) in [6.45, 7) is 1.76. The molecule has 0 unspecified atom stereocenters. The molecule has 1 aliphatic rings. The second-order valence-electron chi connectivity index (χ2n) is 6.81. The Morgan fingerprint density at radius 2 is 2.11 bits per heavy atom. The monoisotopic (exact) mass is 371 g/mol. The van der Waals surface area contributed by atoms with Crippen LogP contribution in [0.2, 0.25) is 0 Å². The normalized spacial score (nSPS) is 15.1. The van der Waals surface area contributed by atoms with E-state index in [1.165, 1.54) is 16.8 Å². The Bertz CT molecular complexity index is 960. The standard InChI is InChI=1S/C19H19F2N5O/c1-11(19(27)23-17-8-16(24-25-17)12-5-6-12)14-9-22-26(10-14)15-4-2-3-13(7-15)18(20)21/h2-4,7-12,18H,5-6H2,1H3,(H2,23,24,25,27)/t11-/m1/s1. The summed E-state index contributed by atoms with van der Waals surface area (Å²) in [7, 11) is 0. The highest BCUT2D eigenvalue weighted by atomic mass is 19.3. The Kier molecular flexibility index (Phi) is 4.47. The van der Waals surface area contributed by atoms with Crippen LogP contribution >= 0.6 is 0 Å². The smallest absolute Gasteiger partial charge is 0.263 e. The van der Waals surface area contributed by atoms with Gasteiger partial charge in [0.15, 0.2) is 5.82 Å². The molecule has 140 valence electrons. The molecule has 6 nitrogen and oxygen atoms in total. The number of halogens is 2. The minimum atomic E-state index is -2.54. The summed E-state index contributed by atoms with van der Waals surface area (Å²) in [4.78, 5) is 12.5. The van der Waals surface area contributed by atoms with Gasteiger partial charge in [0, 0.05) is 35.0 Å². The van der Waals surface area contributed by atoms with Gasteiger partial charge in [-0.1, -0.05) is 12.1 Å². The van der Waals surface area contributed by atoms with Crippen molar-refractivity contribution < 1.29 is 13.6 Å². The Morgan fingerprint density at radius 3 is 2.85 bits per heavy atom. The highest BCUT2D eigenvalue weighted by Gasteiger charge is 2.26. The summed E-state index contributed by atoms with van der Waals surface area (Å²) in [5, 5.41) is 14.1. The van der Waals surface area contributed by atoms with Crippen molar-refractivity contribution in [3.8, 4) is 5.69 Å². The fourth-order valence-corrected chi connectivity index (χ4v) is 2.89. The summed E-state index contributed by atoms with van der Waals surface area (Å²) < 4.78 is 27.2. The number of hydrogen-bond donors (Lipinski definition) is 2. The first-order valence-corrected chi connectivity index (χ1v) is 8.80. The van der Waals surface area contributed by atoms with Crippen LogP contribution in [0.5, 0.6) is 0 Å². The molecule has 1 amide bonds. The van der Waals surface area contributed by atoms with Gasteiger partial charge >= 0.3 is 0 Å². The highest BCUT2D eigenvalue weighted by Crippen LogP contribution is 2.39. The molecular formula is C19H19F2N5O. The molecule has 4 rings (SSSR count). The number of carbonyl (C=O) groups is 1. The molecule has 1 aromatic carbocycles. The number of alkyl halides is 2. The van der Waals surface area contributed by atoms with E-state index in [1.807, 2.05) is 6.07 Å². The van der Waals surface area contributed by atoms with Crippen LogP contribution in [-0.2, 0) is 4.79 Å². The lowest BCUT2D eigenvalue weighted by Gasteiger charge is -2.08. The van der Waals surface area contributed by atoms with Crippen molar-refractivity contribution in [2.75, 3.05) is 5.32 Å². The van der Waals surface area contributed by atoms with Gasteiger partial charge in [0.05, 0.1) is 17.8 Å². The maximum atomic E-state index is 12.9. The van der Waals surface area contributed by atoms with E-state index in [4.69, 9.17) is 0 Å². The zero-order valence-corrected chi connectivity index (χ0v) is 14.7. The lowest BCUT2D eigenvalue weighted by molar-refractivity contribution is -0.117. The first-order chi connectivity index (χ1) is 13.0. The van der Waals surface area contributed by atoms with Gasteiger partial charge in [0.1, 0.15) is 0 Å². The van der Waals surface area contributed by atoms with Gasteiger partial charge in [-0.2, -0.15) is 10.2 Å². The molecule has 0 saturated heterocycles. The highest BCUT2D eigenvalue weighted by molar-refractivity contribution is 5.94. The second kappa shape index (κ2) is 6.94. The van der Waals surface area contributed by atoms with E-state index in [0.29, 0.717) is 23.0 Å². The van der Waals surface area contributed by atoms with Crippen molar-refractivity contribution in [1.82, 2.24) is 20.0 Å². The number of nitrogens with zero attached hydrogens (tertiary/aromatic N) is 3. The van der Waals surface area contributed by atoms with Crippen LogP contribution in [0, 0.1) is 0 Å². The SMILES string of the molecule is C[C@@H](C(=O)Nc1cc(C2CC2)[nH]n1)c1cnn(-c2cccc(C(F)F)c2)c1. The summed E-state index contributed by atoms with van der Waals surface area (Å²) in [6, 6.07) is 7.87. The third-order valence-electron chi connectivity index (χ3n) is 4.75. The molecule has 0 aliphatic heterocycles.